The first-order valence-corrected chi connectivity index (χ1v) is 8.64. The molecule has 1 saturated heterocycles. The monoisotopic (exact) mass is 357 g/mol. The van der Waals surface area contributed by atoms with E-state index in [1.165, 1.54) is 11.1 Å². The lowest BCUT2D eigenvalue weighted by atomic mass is 9.98. The summed E-state index contributed by atoms with van der Waals surface area (Å²) in [4.78, 5) is 2.25. The van der Waals surface area contributed by atoms with Gasteiger partial charge in [-0.05, 0) is 49.9 Å². The van der Waals surface area contributed by atoms with Crippen molar-refractivity contribution >= 4 is 12.4 Å². The van der Waals surface area contributed by atoms with E-state index < -0.39 is 6.10 Å². The van der Waals surface area contributed by atoms with Crippen LogP contribution in [0.3, 0.4) is 0 Å². The molecule has 1 aromatic rings. The lowest BCUT2D eigenvalue weighted by Gasteiger charge is -2.36. The van der Waals surface area contributed by atoms with Gasteiger partial charge in [0.05, 0.1) is 12.2 Å². The lowest BCUT2D eigenvalue weighted by molar-refractivity contribution is -0.0786. The molecule has 3 unspecified atom stereocenters. The van der Waals surface area contributed by atoms with Crippen LogP contribution in [0.4, 0.5) is 0 Å². The molecule has 4 nitrogen and oxygen atoms in total. The van der Waals surface area contributed by atoms with Crippen molar-refractivity contribution in [3.8, 4) is 5.75 Å². The van der Waals surface area contributed by atoms with E-state index in [1.54, 1.807) is 0 Å². The van der Waals surface area contributed by atoms with Gasteiger partial charge in [0, 0.05) is 19.6 Å². The Morgan fingerprint density at radius 3 is 2.42 bits per heavy atom. The molecule has 1 heterocycles. The third-order valence-corrected chi connectivity index (χ3v) is 4.27. The molecular formula is C19H32ClNO3. The molecule has 138 valence electrons. The molecule has 1 aliphatic rings. The summed E-state index contributed by atoms with van der Waals surface area (Å²) < 4.78 is 11.5. The van der Waals surface area contributed by atoms with Crippen molar-refractivity contribution in [3.63, 3.8) is 0 Å². The van der Waals surface area contributed by atoms with Gasteiger partial charge in [0.2, 0.25) is 0 Å². The highest BCUT2D eigenvalue weighted by atomic mass is 35.5. The second-order valence-corrected chi connectivity index (χ2v) is 7.11. The summed E-state index contributed by atoms with van der Waals surface area (Å²) in [6.45, 7) is 13.3. The van der Waals surface area contributed by atoms with Crippen LogP contribution in [-0.4, -0.2) is 54.6 Å². The van der Waals surface area contributed by atoms with Crippen LogP contribution in [0, 0.1) is 6.92 Å². The standard InChI is InChI=1S/C19H31NO3.ClH/c1-13(2)19-7-6-18(8-14(19)3)22-12-17(21)11-20-9-15(4)23-16(5)10-20;/h6-8,13,15-17,21H,9-12H2,1-5H3;1H. The van der Waals surface area contributed by atoms with Crippen LogP contribution < -0.4 is 4.74 Å². The summed E-state index contributed by atoms with van der Waals surface area (Å²) in [6, 6.07) is 6.17. The largest absolute Gasteiger partial charge is 0.491 e. The number of hydrogen-bond acceptors (Lipinski definition) is 4. The van der Waals surface area contributed by atoms with Gasteiger partial charge in [-0.2, -0.15) is 0 Å². The smallest absolute Gasteiger partial charge is 0.119 e. The summed E-state index contributed by atoms with van der Waals surface area (Å²) >= 11 is 0. The van der Waals surface area contributed by atoms with E-state index in [2.05, 4.69) is 51.7 Å². The van der Waals surface area contributed by atoms with Gasteiger partial charge in [-0.1, -0.05) is 19.9 Å². The van der Waals surface area contributed by atoms with E-state index in [0.717, 1.165) is 18.8 Å². The van der Waals surface area contributed by atoms with Gasteiger partial charge in [0.25, 0.3) is 0 Å². The summed E-state index contributed by atoms with van der Waals surface area (Å²) in [6.07, 6.45) is -0.0474. The maximum atomic E-state index is 10.2. The first kappa shape index (κ1) is 21.2. The number of aliphatic hydroxyl groups excluding tert-OH is 1. The molecule has 1 aromatic carbocycles. The molecule has 0 saturated carbocycles. The Morgan fingerprint density at radius 1 is 1.25 bits per heavy atom. The molecule has 0 aromatic heterocycles. The molecule has 0 bridgehead atoms. The zero-order valence-corrected chi connectivity index (χ0v) is 16.3. The van der Waals surface area contributed by atoms with Crippen molar-refractivity contribution in [1.82, 2.24) is 4.90 Å². The highest BCUT2D eigenvalue weighted by Gasteiger charge is 2.23. The Balaban J connectivity index is 0.00000288. The van der Waals surface area contributed by atoms with Crippen molar-refractivity contribution in [2.45, 2.75) is 58.8 Å². The number of ether oxygens (including phenoxy) is 2. The number of nitrogens with zero attached hydrogens (tertiary/aromatic N) is 1. The molecule has 5 heteroatoms. The van der Waals surface area contributed by atoms with Gasteiger partial charge in [0.1, 0.15) is 18.5 Å². The van der Waals surface area contributed by atoms with Crippen LogP contribution in [0.5, 0.6) is 5.75 Å². The van der Waals surface area contributed by atoms with Crippen molar-refractivity contribution in [2.24, 2.45) is 0 Å². The van der Waals surface area contributed by atoms with Crippen LogP contribution in [0.15, 0.2) is 18.2 Å². The van der Waals surface area contributed by atoms with Gasteiger partial charge < -0.3 is 14.6 Å². The number of hydrogen-bond donors (Lipinski definition) is 1. The molecule has 1 fully saturated rings. The first-order valence-electron chi connectivity index (χ1n) is 8.64. The second kappa shape index (κ2) is 9.62. The van der Waals surface area contributed by atoms with Crippen LogP contribution in [0.2, 0.25) is 0 Å². The molecule has 0 spiro atoms. The minimum absolute atomic E-state index is 0. The first-order chi connectivity index (χ1) is 10.8. The van der Waals surface area contributed by atoms with E-state index in [4.69, 9.17) is 9.47 Å². The maximum Gasteiger partial charge on any atom is 0.119 e. The molecule has 0 amide bonds. The topological polar surface area (TPSA) is 41.9 Å². The number of rotatable bonds is 6. The molecular weight excluding hydrogens is 326 g/mol. The van der Waals surface area contributed by atoms with E-state index in [1.807, 2.05) is 6.07 Å². The zero-order chi connectivity index (χ0) is 17.0. The van der Waals surface area contributed by atoms with Crippen molar-refractivity contribution in [2.75, 3.05) is 26.2 Å². The van der Waals surface area contributed by atoms with E-state index in [-0.39, 0.29) is 24.6 Å². The summed E-state index contributed by atoms with van der Waals surface area (Å²) in [5.41, 5.74) is 2.58. The third kappa shape index (κ3) is 6.25. The fourth-order valence-electron chi connectivity index (χ4n) is 3.36. The van der Waals surface area contributed by atoms with Crippen molar-refractivity contribution < 1.29 is 14.6 Å². The number of morpholine rings is 1. The third-order valence-electron chi connectivity index (χ3n) is 4.27. The number of halogens is 1. The lowest BCUT2D eigenvalue weighted by Crippen LogP contribution is -2.48. The SMILES string of the molecule is Cc1cc(OCC(O)CN2CC(C)OC(C)C2)ccc1C(C)C.Cl. The summed E-state index contributed by atoms with van der Waals surface area (Å²) in [5, 5.41) is 10.2. The quantitative estimate of drug-likeness (QED) is 0.847. The average molecular weight is 358 g/mol. The van der Waals surface area contributed by atoms with Crippen molar-refractivity contribution in [3.05, 3.63) is 29.3 Å². The summed E-state index contributed by atoms with van der Waals surface area (Å²) in [5.74, 6) is 1.34. The van der Waals surface area contributed by atoms with E-state index in [0.29, 0.717) is 19.1 Å². The molecule has 1 aliphatic heterocycles. The van der Waals surface area contributed by atoms with E-state index in [9.17, 15) is 5.11 Å². The van der Waals surface area contributed by atoms with Gasteiger partial charge in [0.15, 0.2) is 0 Å². The molecule has 0 radical (unpaired) electrons. The molecule has 1 N–H and O–H groups in total. The molecule has 0 aliphatic carbocycles. The number of aliphatic hydroxyl groups is 1. The Bertz CT molecular complexity index is 499. The Labute approximate surface area is 152 Å². The maximum absolute atomic E-state index is 10.2. The number of aryl methyl sites for hydroxylation is 1. The molecule has 3 atom stereocenters. The highest BCUT2D eigenvalue weighted by molar-refractivity contribution is 5.85. The average Bonchev–Trinajstić information content (AvgIpc) is 2.43. The van der Waals surface area contributed by atoms with Gasteiger partial charge in [-0.25, -0.2) is 0 Å². The van der Waals surface area contributed by atoms with Crippen LogP contribution in [0.25, 0.3) is 0 Å². The molecule has 24 heavy (non-hydrogen) atoms. The second-order valence-electron chi connectivity index (χ2n) is 7.11. The van der Waals surface area contributed by atoms with Crippen LogP contribution in [0.1, 0.15) is 44.7 Å². The normalized spacial score (nSPS) is 23.0. The Hall–Kier alpha value is -0.810. The zero-order valence-electron chi connectivity index (χ0n) is 15.5. The Kier molecular flexibility index (Phi) is 8.51. The Morgan fingerprint density at radius 2 is 1.88 bits per heavy atom. The fraction of sp³-hybridized carbons (Fsp3) is 0.684. The highest BCUT2D eigenvalue weighted by Crippen LogP contribution is 2.23. The number of benzene rings is 1. The molecule has 2 rings (SSSR count). The predicted octanol–water partition coefficient (Wildman–Crippen LogP) is 3.39. The minimum atomic E-state index is -0.488. The van der Waals surface area contributed by atoms with Crippen molar-refractivity contribution in [1.29, 1.82) is 0 Å². The van der Waals surface area contributed by atoms with Gasteiger partial charge in [-0.15, -0.1) is 12.4 Å². The number of β-amino-alcohol motifs (C(OH)–C–C–N with tert-alkyl or cyclic N) is 1. The minimum Gasteiger partial charge on any atom is -0.491 e. The fourth-order valence-corrected chi connectivity index (χ4v) is 3.36. The van der Waals surface area contributed by atoms with E-state index >= 15 is 0 Å². The van der Waals surface area contributed by atoms with Crippen LogP contribution >= 0.6 is 12.4 Å². The van der Waals surface area contributed by atoms with Crippen LogP contribution in [-0.2, 0) is 4.74 Å². The van der Waals surface area contributed by atoms with Gasteiger partial charge in [-0.3, -0.25) is 4.90 Å². The summed E-state index contributed by atoms with van der Waals surface area (Å²) in [7, 11) is 0. The predicted molar refractivity (Wildman–Crippen MR) is 100 cm³/mol. The van der Waals surface area contributed by atoms with Gasteiger partial charge >= 0.3 is 0 Å².